The zero-order valence-electron chi connectivity index (χ0n) is 17.6. The van der Waals surface area contributed by atoms with E-state index in [1.165, 1.54) is 11.3 Å². The second kappa shape index (κ2) is 8.01. The molecule has 0 aliphatic carbocycles. The van der Waals surface area contributed by atoms with Crippen LogP contribution in [-0.2, 0) is 29.5 Å². The van der Waals surface area contributed by atoms with Crippen LogP contribution in [0.3, 0.4) is 0 Å². The van der Waals surface area contributed by atoms with Gasteiger partial charge in [-0.3, -0.25) is 14.3 Å². The van der Waals surface area contributed by atoms with E-state index in [1.54, 1.807) is 0 Å². The highest BCUT2D eigenvalue weighted by atomic mass is 16.2. The molecule has 6 nitrogen and oxygen atoms in total. The standard InChI is InChI=1S/C23H30N4O2/c1-16(2)27-15-18(9-10-21(27)28)23(29)26-13-11-19-20(12-14-26)25(3)24-22(19)17-7-5-4-6-8-17/h4-8,16,18H,9-15H2,1-3H3. The number of piperidine rings is 1. The molecule has 2 aliphatic heterocycles. The number of carbonyl (C=O) groups is 2. The minimum absolute atomic E-state index is 0.0805. The number of aryl methyl sites for hydroxylation is 1. The normalized spacial score (nSPS) is 20.0. The summed E-state index contributed by atoms with van der Waals surface area (Å²) in [6, 6.07) is 10.4. The number of amides is 2. The molecule has 2 aliphatic rings. The Bertz CT molecular complexity index is 903. The highest BCUT2D eigenvalue weighted by molar-refractivity contribution is 5.84. The molecular weight excluding hydrogens is 364 g/mol. The third kappa shape index (κ3) is 3.80. The van der Waals surface area contributed by atoms with Gasteiger partial charge in [0.2, 0.25) is 11.8 Å². The predicted molar refractivity (Wildman–Crippen MR) is 112 cm³/mol. The minimum atomic E-state index is -0.0805. The van der Waals surface area contributed by atoms with E-state index in [9.17, 15) is 9.59 Å². The summed E-state index contributed by atoms with van der Waals surface area (Å²) in [6.45, 7) is 6.02. The van der Waals surface area contributed by atoms with E-state index in [4.69, 9.17) is 5.10 Å². The highest BCUT2D eigenvalue weighted by Crippen LogP contribution is 2.29. The number of fused-ring (bicyclic) bond motifs is 1. The van der Waals surface area contributed by atoms with Crippen molar-refractivity contribution >= 4 is 11.8 Å². The lowest BCUT2D eigenvalue weighted by Crippen LogP contribution is -2.49. The Morgan fingerprint density at radius 3 is 2.55 bits per heavy atom. The number of aromatic nitrogens is 2. The van der Waals surface area contributed by atoms with Crippen molar-refractivity contribution in [2.75, 3.05) is 19.6 Å². The minimum Gasteiger partial charge on any atom is -0.342 e. The maximum absolute atomic E-state index is 13.3. The number of hydrogen-bond donors (Lipinski definition) is 0. The van der Waals surface area contributed by atoms with Crippen molar-refractivity contribution in [2.45, 2.75) is 45.6 Å². The molecule has 1 atom stereocenters. The van der Waals surface area contributed by atoms with Crippen molar-refractivity contribution < 1.29 is 9.59 Å². The summed E-state index contributed by atoms with van der Waals surface area (Å²) in [5, 5.41) is 4.77. The number of benzene rings is 1. The largest absolute Gasteiger partial charge is 0.342 e. The zero-order valence-corrected chi connectivity index (χ0v) is 17.6. The molecule has 1 saturated heterocycles. The summed E-state index contributed by atoms with van der Waals surface area (Å²) in [7, 11) is 2.00. The van der Waals surface area contributed by atoms with Crippen LogP contribution in [0.5, 0.6) is 0 Å². The Balaban J connectivity index is 1.50. The first-order chi connectivity index (χ1) is 14.0. The molecular formula is C23H30N4O2. The van der Waals surface area contributed by atoms with E-state index in [0.29, 0.717) is 32.5 Å². The average Bonchev–Trinajstić information content (AvgIpc) is 2.89. The van der Waals surface area contributed by atoms with Crippen LogP contribution in [0.2, 0.25) is 0 Å². The van der Waals surface area contributed by atoms with Crippen LogP contribution in [0.15, 0.2) is 30.3 Å². The van der Waals surface area contributed by atoms with Gasteiger partial charge in [-0.05, 0) is 26.7 Å². The fourth-order valence-electron chi connectivity index (χ4n) is 4.66. The second-order valence-electron chi connectivity index (χ2n) is 8.46. The summed E-state index contributed by atoms with van der Waals surface area (Å²) in [6.07, 6.45) is 2.78. The molecule has 0 radical (unpaired) electrons. The van der Waals surface area contributed by atoms with Crippen LogP contribution in [-0.4, -0.2) is 57.1 Å². The van der Waals surface area contributed by atoms with Crippen molar-refractivity contribution in [3.8, 4) is 11.3 Å². The number of likely N-dealkylation sites (tertiary alicyclic amines) is 1. The molecule has 0 saturated carbocycles. The lowest BCUT2D eigenvalue weighted by molar-refractivity contribution is -0.144. The smallest absolute Gasteiger partial charge is 0.227 e. The van der Waals surface area contributed by atoms with Gasteiger partial charge in [0.15, 0.2) is 0 Å². The fourth-order valence-corrected chi connectivity index (χ4v) is 4.66. The summed E-state index contributed by atoms with van der Waals surface area (Å²) < 4.78 is 1.98. The Labute approximate surface area is 172 Å². The summed E-state index contributed by atoms with van der Waals surface area (Å²) in [5.41, 5.74) is 4.65. The van der Waals surface area contributed by atoms with Gasteiger partial charge < -0.3 is 9.80 Å². The number of nitrogens with zero attached hydrogens (tertiary/aromatic N) is 4. The van der Waals surface area contributed by atoms with Crippen LogP contribution in [0.25, 0.3) is 11.3 Å². The fraction of sp³-hybridized carbons (Fsp3) is 0.522. The Hall–Kier alpha value is -2.63. The molecule has 1 unspecified atom stereocenters. The SMILES string of the molecule is CC(C)N1CC(C(=O)N2CCc3c(-c4ccccc4)nn(C)c3CC2)CCC1=O. The predicted octanol–water partition coefficient (Wildman–Crippen LogP) is 2.66. The molecule has 6 heteroatoms. The molecule has 1 fully saturated rings. The van der Waals surface area contributed by atoms with Gasteiger partial charge in [0.25, 0.3) is 0 Å². The first-order valence-corrected chi connectivity index (χ1v) is 10.6. The quantitative estimate of drug-likeness (QED) is 0.804. The van der Waals surface area contributed by atoms with E-state index in [0.717, 1.165) is 24.1 Å². The van der Waals surface area contributed by atoms with Gasteiger partial charge in [0.05, 0.1) is 11.6 Å². The maximum Gasteiger partial charge on any atom is 0.227 e. The molecule has 3 heterocycles. The van der Waals surface area contributed by atoms with E-state index < -0.39 is 0 Å². The van der Waals surface area contributed by atoms with E-state index in [1.807, 2.05) is 53.6 Å². The van der Waals surface area contributed by atoms with Crippen LogP contribution in [0, 0.1) is 5.92 Å². The van der Waals surface area contributed by atoms with Crippen molar-refractivity contribution in [1.82, 2.24) is 19.6 Å². The average molecular weight is 395 g/mol. The maximum atomic E-state index is 13.3. The molecule has 1 aromatic heterocycles. The van der Waals surface area contributed by atoms with Gasteiger partial charge in [0, 0.05) is 62.4 Å². The van der Waals surface area contributed by atoms with E-state index in [-0.39, 0.29) is 23.8 Å². The van der Waals surface area contributed by atoms with Crippen LogP contribution < -0.4 is 0 Å². The summed E-state index contributed by atoms with van der Waals surface area (Å²) >= 11 is 0. The molecule has 0 N–H and O–H groups in total. The van der Waals surface area contributed by atoms with Crippen LogP contribution in [0.4, 0.5) is 0 Å². The van der Waals surface area contributed by atoms with Gasteiger partial charge in [-0.1, -0.05) is 30.3 Å². The third-order valence-electron chi connectivity index (χ3n) is 6.30. The van der Waals surface area contributed by atoms with Crippen molar-refractivity contribution in [1.29, 1.82) is 0 Å². The van der Waals surface area contributed by atoms with Crippen LogP contribution in [0.1, 0.15) is 37.9 Å². The number of carbonyl (C=O) groups excluding carboxylic acids is 2. The lowest BCUT2D eigenvalue weighted by Gasteiger charge is -2.36. The van der Waals surface area contributed by atoms with Crippen molar-refractivity contribution in [3.05, 3.63) is 41.6 Å². The van der Waals surface area contributed by atoms with Gasteiger partial charge in [0.1, 0.15) is 0 Å². The molecule has 2 amide bonds. The van der Waals surface area contributed by atoms with Crippen molar-refractivity contribution in [3.63, 3.8) is 0 Å². The first-order valence-electron chi connectivity index (χ1n) is 10.6. The molecule has 2 aromatic rings. The Morgan fingerprint density at radius 2 is 1.83 bits per heavy atom. The second-order valence-corrected chi connectivity index (χ2v) is 8.46. The summed E-state index contributed by atoms with van der Waals surface area (Å²) in [5.74, 6) is 0.291. The Kier molecular flexibility index (Phi) is 5.43. The number of rotatable bonds is 3. The van der Waals surface area contributed by atoms with Gasteiger partial charge in [-0.25, -0.2) is 0 Å². The molecule has 29 heavy (non-hydrogen) atoms. The number of hydrogen-bond acceptors (Lipinski definition) is 3. The zero-order chi connectivity index (χ0) is 20.5. The molecule has 1 aromatic carbocycles. The monoisotopic (exact) mass is 394 g/mol. The third-order valence-corrected chi connectivity index (χ3v) is 6.30. The van der Waals surface area contributed by atoms with E-state index >= 15 is 0 Å². The molecule has 0 bridgehead atoms. The highest BCUT2D eigenvalue weighted by Gasteiger charge is 2.34. The van der Waals surface area contributed by atoms with Gasteiger partial charge in [-0.2, -0.15) is 5.10 Å². The molecule has 0 spiro atoms. The van der Waals surface area contributed by atoms with Gasteiger partial charge in [-0.15, -0.1) is 0 Å². The van der Waals surface area contributed by atoms with E-state index in [2.05, 4.69) is 12.1 Å². The summed E-state index contributed by atoms with van der Waals surface area (Å²) in [4.78, 5) is 29.3. The Morgan fingerprint density at radius 1 is 1.10 bits per heavy atom. The van der Waals surface area contributed by atoms with Gasteiger partial charge >= 0.3 is 0 Å². The first kappa shape index (κ1) is 19.7. The topological polar surface area (TPSA) is 58.4 Å². The van der Waals surface area contributed by atoms with Crippen molar-refractivity contribution in [2.24, 2.45) is 13.0 Å². The molecule has 4 rings (SSSR count). The lowest BCUT2D eigenvalue weighted by atomic mass is 9.95. The molecule has 154 valence electrons. The van der Waals surface area contributed by atoms with Crippen LogP contribution >= 0.6 is 0 Å².